The average molecular weight is 338 g/mol. The summed E-state index contributed by atoms with van der Waals surface area (Å²) < 4.78 is 5.59. The molecule has 0 saturated carbocycles. The summed E-state index contributed by atoms with van der Waals surface area (Å²) in [5.74, 6) is 1.51. The highest BCUT2D eigenvalue weighted by molar-refractivity contribution is 5.74. The van der Waals surface area contributed by atoms with Gasteiger partial charge in [-0.2, -0.15) is 0 Å². The van der Waals surface area contributed by atoms with Gasteiger partial charge in [0.15, 0.2) is 0 Å². The average Bonchev–Trinajstić information content (AvgIpc) is 2.67. The SMILES string of the molecule is O=C(NCCOc1ccccc1)N1CCC(Cc2ccccc2)CC1. The number of ether oxygens (including phenoxy) is 1. The smallest absolute Gasteiger partial charge is 0.317 e. The number of rotatable bonds is 6. The van der Waals surface area contributed by atoms with Crippen molar-refractivity contribution in [1.29, 1.82) is 0 Å². The van der Waals surface area contributed by atoms with Gasteiger partial charge in [-0.25, -0.2) is 4.79 Å². The molecule has 3 rings (SSSR count). The van der Waals surface area contributed by atoms with E-state index in [-0.39, 0.29) is 6.03 Å². The summed E-state index contributed by atoms with van der Waals surface area (Å²) in [5.41, 5.74) is 1.39. The lowest BCUT2D eigenvalue weighted by atomic mass is 9.90. The first kappa shape index (κ1) is 17.3. The van der Waals surface area contributed by atoms with E-state index < -0.39 is 0 Å². The molecule has 0 bridgehead atoms. The van der Waals surface area contributed by atoms with Gasteiger partial charge in [0.05, 0.1) is 6.54 Å². The molecule has 1 aliphatic rings. The van der Waals surface area contributed by atoms with Crippen molar-refractivity contribution in [1.82, 2.24) is 10.2 Å². The summed E-state index contributed by atoms with van der Waals surface area (Å²) in [5, 5.41) is 2.95. The Morgan fingerprint density at radius 2 is 1.64 bits per heavy atom. The zero-order valence-electron chi connectivity index (χ0n) is 14.6. The first-order chi connectivity index (χ1) is 12.3. The van der Waals surface area contributed by atoms with Crippen LogP contribution in [0.3, 0.4) is 0 Å². The predicted octanol–water partition coefficient (Wildman–Crippen LogP) is 3.73. The Balaban J connectivity index is 1.33. The molecule has 1 heterocycles. The molecule has 0 aliphatic carbocycles. The minimum atomic E-state index is 0.0230. The van der Waals surface area contributed by atoms with E-state index in [0.717, 1.165) is 38.1 Å². The van der Waals surface area contributed by atoms with Crippen molar-refractivity contribution in [2.45, 2.75) is 19.3 Å². The van der Waals surface area contributed by atoms with Crippen LogP contribution in [0.2, 0.25) is 0 Å². The molecule has 4 heteroatoms. The largest absolute Gasteiger partial charge is 0.492 e. The Bertz CT molecular complexity index is 637. The molecule has 1 N–H and O–H groups in total. The Hall–Kier alpha value is -2.49. The van der Waals surface area contributed by atoms with Crippen molar-refractivity contribution in [3.8, 4) is 5.75 Å². The van der Waals surface area contributed by atoms with Gasteiger partial charge in [-0.05, 0) is 42.9 Å². The maximum Gasteiger partial charge on any atom is 0.317 e. The third kappa shape index (κ3) is 5.52. The fraction of sp³-hybridized carbons (Fsp3) is 0.381. The molecule has 132 valence electrons. The summed E-state index contributed by atoms with van der Waals surface area (Å²) in [4.78, 5) is 14.2. The number of benzene rings is 2. The lowest BCUT2D eigenvalue weighted by molar-refractivity contribution is 0.168. The minimum Gasteiger partial charge on any atom is -0.492 e. The summed E-state index contributed by atoms with van der Waals surface area (Å²) in [6.07, 6.45) is 3.26. The Kier molecular flexibility index (Phi) is 6.32. The van der Waals surface area contributed by atoms with Crippen LogP contribution in [0.5, 0.6) is 5.75 Å². The van der Waals surface area contributed by atoms with Gasteiger partial charge in [-0.3, -0.25) is 0 Å². The van der Waals surface area contributed by atoms with E-state index in [1.54, 1.807) is 0 Å². The minimum absolute atomic E-state index is 0.0230. The van der Waals surface area contributed by atoms with E-state index in [4.69, 9.17) is 4.74 Å². The second-order valence-electron chi connectivity index (χ2n) is 6.51. The van der Waals surface area contributed by atoms with Gasteiger partial charge < -0.3 is 15.0 Å². The number of likely N-dealkylation sites (tertiary alicyclic amines) is 1. The molecule has 0 spiro atoms. The number of nitrogens with zero attached hydrogens (tertiary/aromatic N) is 1. The van der Waals surface area contributed by atoms with Crippen molar-refractivity contribution in [2.24, 2.45) is 5.92 Å². The molecule has 1 aliphatic heterocycles. The van der Waals surface area contributed by atoms with Crippen molar-refractivity contribution in [3.05, 3.63) is 66.2 Å². The van der Waals surface area contributed by atoms with Crippen LogP contribution in [0.25, 0.3) is 0 Å². The summed E-state index contributed by atoms with van der Waals surface area (Å²) in [7, 11) is 0. The molecule has 0 radical (unpaired) electrons. The number of hydrogen-bond acceptors (Lipinski definition) is 2. The highest BCUT2D eigenvalue weighted by atomic mass is 16.5. The van der Waals surface area contributed by atoms with Gasteiger partial charge in [-0.15, -0.1) is 0 Å². The molecule has 2 aromatic rings. The third-order valence-electron chi connectivity index (χ3n) is 4.66. The maximum atomic E-state index is 12.2. The van der Waals surface area contributed by atoms with Crippen LogP contribution < -0.4 is 10.1 Å². The molecule has 0 atom stereocenters. The van der Waals surface area contributed by atoms with Crippen LogP contribution in [0.15, 0.2) is 60.7 Å². The Morgan fingerprint density at radius 3 is 2.32 bits per heavy atom. The van der Waals surface area contributed by atoms with Crippen LogP contribution in [0.1, 0.15) is 18.4 Å². The molecular weight excluding hydrogens is 312 g/mol. The van der Waals surface area contributed by atoms with Crippen LogP contribution in [0.4, 0.5) is 4.79 Å². The van der Waals surface area contributed by atoms with E-state index in [1.807, 2.05) is 35.2 Å². The molecule has 25 heavy (non-hydrogen) atoms. The number of carbonyl (C=O) groups is 1. The van der Waals surface area contributed by atoms with Gasteiger partial charge >= 0.3 is 6.03 Å². The summed E-state index contributed by atoms with van der Waals surface area (Å²) >= 11 is 0. The molecule has 2 amide bonds. The van der Waals surface area contributed by atoms with Gasteiger partial charge in [0.1, 0.15) is 12.4 Å². The standard InChI is InChI=1S/C21H26N2O2/c24-21(22-13-16-25-20-9-5-2-6-10-20)23-14-11-19(12-15-23)17-18-7-3-1-4-8-18/h1-10,19H,11-17H2,(H,22,24). The van der Waals surface area contributed by atoms with E-state index >= 15 is 0 Å². The van der Waals surface area contributed by atoms with Gasteiger partial charge in [0, 0.05) is 13.1 Å². The second kappa shape index (κ2) is 9.11. The highest BCUT2D eigenvalue weighted by Gasteiger charge is 2.22. The lowest BCUT2D eigenvalue weighted by Gasteiger charge is -2.32. The maximum absolute atomic E-state index is 12.2. The zero-order chi connectivity index (χ0) is 17.3. The molecule has 1 saturated heterocycles. The number of amides is 2. The van der Waals surface area contributed by atoms with E-state index in [2.05, 4.69) is 35.6 Å². The number of nitrogens with one attached hydrogen (secondary N) is 1. The molecule has 0 aromatic heterocycles. The molecule has 1 fully saturated rings. The monoisotopic (exact) mass is 338 g/mol. The Labute approximate surface area is 149 Å². The fourth-order valence-corrected chi connectivity index (χ4v) is 3.24. The third-order valence-corrected chi connectivity index (χ3v) is 4.66. The number of carbonyl (C=O) groups excluding carboxylic acids is 1. The van der Waals surface area contributed by atoms with Crippen LogP contribution in [-0.2, 0) is 6.42 Å². The van der Waals surface area contributed by atoms with Crippen LogP contribution in [-0.4, -0.2) is 37.2 Å². The van der Waals surface area contributed by atoms with E-state index in [1.165, 1.54) is 5.56 Å². The van der Waals surface area contributed by atoms with Gasteiger partial charge in [0.2, 0.25) is 0 Å². The summed E-state index contributed by atoms with van der Waals surface area (Å²) in [6, 6.07) is 20.3. The topological polar surface area (TPSA) is 41.6 Å². The molecule has 2 aromatic carbocycles. The Morgan fingerprint density at radius 1 is 1.00 bits per heavy atom. The van der Waals surface area contributed by atoms with Gasteiger partial charge in [0.25, 0.3) is 0 Å². The van der Waals surface area contributed by atoms with Crippen molar-refractivity contribution in [2.75, 3.05) is 26.2 Å². The zero-order valence-corrected chi connectivity index (χ0v) is 14.6. The van der Waals surface area contributed by atoms with E-state index in [9.17, 15) is 4.79 Å². The van der Waals surface area contributed by atoms with Crippen molar-refractivity contribution < 1.29 is 9.53 Å². The highest BCUT2D eigenvalue weighted by Crippen LogP contribution is 2.21. The lowest BCUT2D eigenvalue weighted by Crippen LogP contribution is -2.45. The van der Waals surface area contributed by atoms with E-state index in [0.29, 0.717) is 19.1 Å². The van der Waals surface area contributed by atoms with Gasteiger partial charge in [-0.1, -0.05) is 48.5 Å². The molecular formula is C21H26N2O2. The fourth-order valence-electron chi connectivity index (χ4n) is 3.24. The predicted molar refractivity (Wildman–Crippen MR) is 99.8 cm³/mol. The van der Waals surface area contributed by atoms with Crippen molar-refractivity contribution in [3.63, 3.8) is 0 Å². The van der Waals surface area contributed by atoms with Crippen LogP contribution >= 0.6 is 0 Å². The quantitative estimate of drug-likeness (QED) is 0.816. The molecule has 4 nitrogen and oxygen atoms in total. The number of piperidine rings is 1. The molecule has 0 unspecified atom stereocenters. The normalized spacial score (nSPS) is 15.0. The first-order valence-corrected chi connectivity index (χ1v) is 9.06. The number of para-hydroxylation sites is 1. The number of hydrogen-bond donors (Lipinski definition) is 1. The second-order valence-corrected chi connectivity index (χ2v) is 6.51. The summed E-state index contributed by atoms with van der Waals surface area (Å²) in [6.45, 7) is 2.68. The first-order valence-electron chi connectivity index (χ1n) is 9.06. The van der Waals surface area contributed by atoms with Crippen LogP contribution in [0, 0.1) is 5.92 Å². The number of urea groups is 1. The van der Waals surface area contributed by atoms with Crippen molar-refractivity contribution >= 4 is 6.03 Å².